The van der Waals surface area contributed by atoms with Crippen LogP contribution in [0.2, 0.25) is 5.02 Å². The Kier molecular flexibility index (Phi) is 5.51. The Bertz CT molecular complexity index is 1560. The number of hydrogen-bond acceptors (Lipinski definition) is 6. The summed E-state index contributed by atoms with van der Waals surface area (Å²) in [5, 5.41) is 9.36. The van der Waals surface area contributed by atoms with Gasteiger partial charge in [0.25, 0.3) is 5.56 Å². The van der Waals surface area contributed by atoms with Gasteiger partial charge in [0.2, 0.25) is 5.95 Å². The van der Waals surface area contributed by atoms with Crippen molar-refractivity contribution in [1.29, 1.82) is 0 Å². The van der Waals surface area contributed by atoms with Gasteiger partial charge in [0.15, 0.2) is 5.82 Å². The van der Waals surface area contributed by atoms with Crippen LogP contribution in [0.1, 0.15) is 18.7 Å². The molecule has 0 saturated carbocycles. The first-order chi connectivity index (χ1) is 16.4. The highest BCUT2D eigenvalue weighted by Crippen LogP contribution is 2.30. The topological polar surface area (TPSA) is 104 Å². The Balaban J connectivity index is 1.75. The maximum Gasteiger partial charge on any atom is 0.263 e. The fraction of sp³-hybridized carbons (Fsp3) is 0.120. The molecule has 9 heteroatoms. The standard InChI is InChI=1S/C25H22ClN7O/c1-15(30-23-20(26)13-28-25(27)31-23)21-11-16-7-6-10-19(17-12-29-32(2)14-17)22(16)24(34)33(21)18-8-4-3-5-9-18/h3-15H,1-2H3,(H3,27,28,30,31)/t15-/m0/s1. The van der Waals surface area contributed by atoms with Gasteiger partial charge in [-0.1, -0.05) is 48.0 Å². The second kappa shape index (κ2) is 8.64. The van der Waals surface area contributed by atoms with Crippen molar-refractivity contribution in [3.05, 3.63) is 94.3 Å². The minimum Gasteiger partial charge on any atom is -0.368 e. The Hall–Kier alpha value is -4.17. The number of pyridine rings is 1. The molecule has 3 heterocycles. The van der Waals surface area contributed by atoms with Crippen LogP contribution >= 0.6 is 11.6 Å². The minimum atomic E-state index is -0.328. The van der Waals surface area contributed by atoms with Crippen molar-refractivity contribution in [3.8, 4) is 16.8 Å². The van der Waals surface area contributed by atoms with Crippen molar-refractivity contribution in [2.45, 2.75) is 13.0 Å². The Morgan fingerprint density at radius 3 is 2.62 bits per heavy atom. The van der Waals surface area contributed by atoms with E-state index in [1.807, 2.05) is 74.8 Å². The predicted molar refractivity (Wildman–Crippen MR) is 135 cm³/mol. The zero-order chi connectivity index (χ0) is 23.8. The summed E-state index contributed by atoms with van der Waals surface area (Å²) in [5.41, 5.74) is 8.85. The van der Waals surface area contributed by atoms with Gasteiger partial charge in [0.1, 0.15) is 5.02 Å². The van der Waals surface area contributed by atoms with Gasteiger partial charge in [0, 0.05) is 30.2 Å². The number of hydrogen-bond donors (Lipinski definition) is 2. The summed E-state index contributed by atoms with van der Waals surface area (Å²) in [7, 11) is 1.85. The number of aryl methyl sites for hydroxylation is 1. The molecule has 170 valence electrons. The number of nitrogens with one attached hydrogen (secondary N) is 1. The lowest BCUT2D eigenvalue weighted by Gasteiger charge is -2.22. The molecule has 8 nitrogen and oxygen atoms in total. The molecule has 0 unspecified atom stereocenters. The van der Waals surface area contributed by atoms with E-state index in [1.54, 1.807) is 15.4 Å². The third-order valence-electron chi connectivity index (χ3n) is 5.67. The van der Waals surface area contributed by atoms with Gasteiger partial charge in [-0.15, -0.1) is 0 Å². The molecule has 0 radical (unpaired) electrons. The Morgan fingerprint density at radius 1 is 1.09 bits per heavy atom. The molecule has 0 aliphatic rings. The molecule has 0 aliphatic heterocycles. The molecule has 0 saturated heterocycles. The van der Waals surface area contributed by atoms with E-state index in [9.17, 15) is 4.79 Å². The van der Waals surface area contributed by atoms with Gasteiger partial charge >= 0.3 is 0 Å². The number of nitrogens with two attached hydrogens (primary N) is 1. The van der Waals surface area contributed by atoms with Crippen molar-refractivity contribution in [1.82, 2.24) is 24.3 Å². The lowest BCUT2D eigenvalue weighted by molar-refractivity contribution is 0.768. The second-order valence-corrected chi connectivity index (χ2v) is 8.42. The smallest absolute Gasteiger partial charge is 0.263 e. The van der Waals surface area contributed by atoms with Crippen molar-refractivity contribution in [3.63, 3.8) is 0 Å². The van der Waals surface area contributed by atoms with Crippen LogP contribution in [-0.2, 0) is 7.05 Å². The molecule has 0 aliphatic carbocycles. The number of aromatic nitrogens is 5. The molecule has 0 bridgehead atoms. The summed E-state index contributed by atoms with van der Waals surface area (Å²) in [6, 6.07) is 17.1. The first-order valence-electron chi connectivity index (χ1n) is 10.7. The van der Waals surface area contributed by atoms with Gasteiger partial charge in [-0.05, 0) is 36.1 Å². The quantitative estimate of drug-likeness (QED) is 0.388. The largest absolute Gasteiger partial charge is 0.368 e. The monoisotopic (exact) mass is 471 g/mol. The number of halogens is 1. The van der Waals surface area contributed by atoms with E-state index in [2.05, 4.69) is 20.4 Å². The van der Waals surface area contributed by atoms with Crippen molar-refractivity contribution >= 4 is 34.1 Å². The third-order valence-corrected chi connectivity index (χ3v) is 5.94. The van der Waals surface area contributed by atoms with Crippen LogP contribution in [0.4, 0.5) is 11.8 Å². The molecule has 1 atom stereocenters. The van der Waals surface area contributed by atoms with Gasteiger partial charge in [-0.2, -0.15) is 10.1 Å². The minimum absolute atomic E-state index is 0.110. The average molecular weight is 472 g/mol. The van der Waals surface area contributed by atoms with E-state index in [1.165, 1.54) is 6.20 Å². The summed E-state index contributed by atoms with van der Waals surface area (Å²) < 4.78 is 3.44. The van der Waals surface area contributed by atoms with Crippen LogP contribution in [0, 0.1) is 0 Å². The van der Waals surface area contributed by atoms with Crippen LogP contribution in [-0.4, -0.2) is 24.3 Å². The number of rotatable bonds is 5. The van der Waals surface area contributed by atoms with E-state index in [-0.39, 0.29) is 17.5 Å². The van der Waals surface area contributed by atoms with Gasteiger partial charge < -0.3 is 11.1 Å². The first kappa shape index (κ1) is 21.7. The number of anilines is 2. The van der Waals surface area contributed by atoms with Crippen LogP contribution < -0.4 is 16.6 Å². The van der Waals surface area contributed by atoms with Crippen molar-refractivity contribution in [2.24, 2.45) is 7.05 Å². The van der Waals surface area contributed by atoms with E-state index < -0.39 is 0 Å². The van der Waals surface area contributed by atoms with Crippen molar-refractivity contribution in [2.75, 3.05) is 11.1 Å². The normalized spacial score (nSPS) is 12.1. The molecule has 5 rings (SSSR count). The first-order valence-corrected chi connectivity index (χ1v) is 11.1. The maximum absolute atomic E-state index is 14.1. The molecule has 0 amide bonds. The molecule has 3 aromatic heterocycles. The average Bonchev–Trinajstić information content (AvgIpc) is 3.27. The highest BCUT2D eigenvalue weighted by atomic mass is 35.5. The number of benzene rings is 2. The predicted octanol–water partition coefficient (Wildman–Crippen LogP) is 4.59. The van der Waals surface area contributed by atoms with Gasteiger partial charge in [-0.3, -0.25) is 14.0 Å². The van der Waals surface area contributed by atoms with Crippen LogP contribution in [0.5, 0.6) is 0 Å². The van der Waals surface area contributed by atoms with E-state index in [0.717, 1.165) is 27.9 Å². The van der Waals surface area contributed by atoms with Gasteiger partial charge in [0.05, 0.1) is 23.8 Å². The fourth-order valence-corrected chi connectivity index (χ4v) is 4.25. The van der Waals surface area contributed by atoms with E-state index >= 15 is 0 Å². The fourth-order valence-electron chi connectivity index (χ4n) is 4.11. The highest BCUT2D eigenvalue weighted by Gasteiger charge is 2.20. The summed E-state index contributed by atoms with van der Waals surface area (Å²) in [5.74, 6) is 0.511. The van der Waals surface area contributed by atoms with Crippen LogP contribution in [0.15, 0.2) is 78.0 Å². The molecule has 5 aromatic rings. The number of para-hydroxylation sites is 1. The number of nitrogens with zero attached hydrogens (tertiary/aromatic N) is 5. The SMILES string of the molecule is C[C@H](Nc1nc(N)ncc1Cl)c1cc2cccc(-c3cnn(C)c3)c2c(=O)n1-c1ccccc1. The molecular formula is C25H22ClN7O. The summed E-state index contributed by atoms with van der Waals surface area (Å²) in [6.07, 6.45) is 5.12. The van der Waals surface area contributed by atoms with Crippen molar-refractivity contribution < 1.29 is 0 Å². The van der Waals surface area contributed by atoms with Gasteiger partial charge in [-0.25, -0.2) is 4.98 Å². The van der Waals surface area contributed by atoms with Crippen LogP contribution in [0.3, 0.4) is 0 Å². The lowest BCUT2D eigenvalue weighted by atomic mass is 9.99. The number of fused-ring (bicyclic) bond motifs is 1. The summed E-state index contributed by atoms with van der Waals surface area (Å²) in [6.45, 7) is 1.94. The number of nitrogen functional groups attached to an aromatic ring is 1. The van der Waals surface area contributed by atoms with Crippen LogP contribution in [0.25, 0.3) is 27.6 Å². The molecule has 0 spiro atoms. The lowest BCUT2D eigenvalue weighted by Crippen LogP contribution is -2.26. The molecule has 34 heavy (non-hydrogen) atoms. The zero-order valence-corrected chi connectivity index (χ0v) is 19.4. The summed E-state index contributed by atoms with van der Waals surface area (Å²) >= 11 is 6.28. The third kappa shape index (κ3) is 3.88. The molecule has 3 N–H and O–H groups in total. The van der Waals surface area contributed by atoms with E-state index in [4.69, 9.17) is 17.3 Å². The maximum atomic E-state index is 14.1. The summed E-state index contributed by atoms with van der Waals surface area (Å²) in [4.78, 5) is 22.2. The zero-order valence-electron chi connectivity index (χ0n) is 18.6. The Morgan fingerprint density at radius 2 is 1.88 bits per heavy atom. The molecule has 2 aromatic carbocycles. The second-order valence-electron chi connectivity index (χ2n) is 8.01. The molecular weight excluding hydrogens is 450 g/mol. The van der Waals surface area contributed by atoms with E-state index in [0.29, 0.717) is 16.2 Å². The highest BCUT2D eigenvalue weighted by molar-refractivity contribution is 6.32. The Labute approximate surface area is 200 Å². The molecule has 0 fully saturated rings.